The normalized spacial score (nSPS) is 46.7. The minimum atomic E-state index is -0.432. The molecule has 31 heavy (non-hydrogen) atoms. The summed E-state index contributed by atoms with van der Waals surface area (Å²) in [4.78, 5) is 11.3. The van der Waals surface area contributed by atoms with Gasteiger partial charge in [-0.3, -0.25) is 0 Å². The lowest BCUT2D eigenvalue weighted by atomic mass is 9.47. The van der Waals surface area contributed by atoms with Crippen molar-refractivity contribution in [2.75, 3.05) is 13.7 Å². The summed E-state index contributed by atoms with van der Waals surface area (Å²) < 4.78 is 5.67. The molecule has 0 bridgehead atoms. The van der Waals surface area contributed by atoms with Gasteiger partial charge in [0.05, 0.1) is 24.9 Å². The third-order valence-electron chi connectivity index (χ3n) is 10.3. The Hall–Kier alpha value is -0.750. The van der Waals surface area contributed by atoms with Gasteiger partial charge < -0.3 is 24.9 Å². The standard InChI is InChI=1S/C26H42O5/c1-15(9-16(13-27)14-28)19-5-6-20-24-21(12-23(30)26(19,20)3)25(2)8-7-18(31-4)10-17(25)11-22(24)29/h13,15-19,21-23,28-30H,5-12,14H2,1-4H3. The average molecular weight is 435 g/mol. The lowest BCUT2D eigenvalue weighted by molar-refractivity contribution is -0.113. The van der Waals surface area contributed by atoms with Gasteiger partial charge in [0.1, 0.15) is 6.29 Å². The third-order valence-corrected chi connectivity index (χ3v) is 10.3. The molecule has 3 fully saturated rings. The van der Waals surface area contributed by atoms with Gasteiger partial charge in [-0.25, -0.2) is 0 Å². The fraction of sp³-hybridized carbons (Fsp3) is 0.885. The minimum Gasteiger partial charge on any atom is -0.396 e. The lowest BCUT2D eigenvalue weighted by Crippen LogP contribution is -2.55. The SMILES string of the molecule is COC1CCC2(C)C(C1)CC(O)C1=C3CCC(C(C)CC(C=O)CO)C3(C)C(O)CC12. The number of fused-ring (bicyclic) bond motifs is 4. The van der Waals surface area contributed by atoms with Crippen LogP contribution in [0.2, 0.25) is 0 Å². The van der Waals surface area contributed by atoms with Crippen LogP contribution in [-0.4, -0.2) is 53.6 Å². The molecule has 0 aromatic heterocycles. The Morgan fingerprint density at radius 3 is 2.58 bits per heavy atom. The second-order valence-electron chi connectivity index (χ2n) is 11.5. The molecule has 0 saturated heterocycles. The molecule has 0 aliphatic heterocycles. The highest BCUT2D eigenvalue weighted by molar-refractivity contribution is 5.53. The van der Waals surface area contributed by atoms with Gasteiger partial charge in [0.15, 0.2) is 0 Å². The quantitative estimate of drug-likeness (QED) is 0.440. The molecule has 5 nitrogen and oxygen atoms in total. The zero-order valence-corrected chi connectivity index (χ0v) is 19.7. The maximum Gasteiger partial charge on any atom is 0.125 e. The Morgan fingerprint density at radius 1 is 1.19 bits per heavy atom. The van der Waals surface area contributed by atoms with Crippen LogP contribution in [0, 0.1) is 40.4 Å². The van der Waals surface area contributed by atoms with Crippen LogP contribution in [-0.2, 0) is 9.53 Å². The number of aliphatic hydroxyl groups is 3. The Morgan fingerprint density at radius 2 is 1.94 bits per heavy atom. The molecule has 0 amide bonds. The summed E-state index contributed by atoms with van der Waals surface area (Å²) in [6.07, 6.45) is 7.53. The van der Waals surface area contributed by atoms with Gasteiger partial charge in [-0.2, -0.15) is 0 Å². The number of carbonyl (C=O) groups is 1. The molecule has 176 valence electrons. The van der Waals surface area contributed by atoms with Gasteiger partial charge in [0, 0.05) is 18.4 Å². The molecule has 4 aliphatic rings. The molecule has 10 unspecified atom stereocenters. The van der Waals surface area contributed by atoms with E-state index in [0.29, 0.717) is 12.3 Å². The van der Waals surface area contributed by atoms with Crippen molar-refractivity contribution in [3.8, 4) is 0 Å². The van der Waals surface area contributed by atoms with E-state index in [4.69, 9.17) is 4.74 Å². The second kappa shape index (κ2) is 8.55. The van der Waals surface area contributed by atoms with E-state index >= 15 is 0 Å². The monoisotopic (exact) mass is 434 g/mol. The number of hydrogen-bond acceptors (Lipinski definition) is 5. The van der Waals surface area contributed by atoms with Gasteiger partial charge in [-0.05, 0) is 86.0 Å². The third kappa shape index (κ3) is 3.55. The maximum absolute atomic E-state index is 11.6. The van der Waals surface area contributed by atoms with E-state index in [0.717, 1.165) is 51.2 Å². The predicted molar refractivity (Wildman–Crippen MR) is 119 cm³/mol. The van der Waals surface area contributed by atoms with Gasteiger partial charge in [0.2, 0.25) is 0 Å². The number of aldehydes is 1. The number of methoxy groups -OCH3 is 1. The van der Waals surface area contributed by atoms with Crippen molar-refractivity contribution >= 4 is 6.29 Å². The van der Waals surface area contributed by atoms with Crippen LogP contribution >= 0.6 is 0 Å². The zero-order chi connectivity index (χ0) is 22.6. The molecule has 3 N–H and O–H groups in total. The predicted octanol–water partition coefficient (Wildman–Crippen LogP) is 3.50. The number of hydrogen-bond donors (Lipinski definition) is 3. The van der Waals surface area contributed by atoms with Crippen molar-refractivity contribution in [1.82, 2.24) is 0 Å². The van der Waals surface area contributed by atoms with Crippen LogP contribution in [0.25, 0.3) is 0 Å². The van der Waals surface area contributed by atoms with Crippen molar-refractivity contribution in [2.45, 2.75) is 90.4 Å². The largest absolute Gasteiger partial charge is 0.396 e. The van der Waals surface area contributed by atoms with Crippen LogP contribution in [0.5, 0.6) is 0 Å². The van der Waals surface area contributed by atoms with Gasteiger partial charge >= 0.3 is 0 Å². The first-order chi connectivity index (χ1) is 14.7. The highest BCUT2D eigenvalue weighted by Gasteiger charge is 2.60. The summed E-state index contributed by atoms with van der Waals surface area (Å²) in [6.45, 7) is 6.63. The Labute approximate surface area is 187 Å². The van der Waals surface area contributed by atoms with Crippen LogP contribution in [0.1, 0.15) is 72.1 Å². The van der Waals surface area contributed by atoms with E-state index < -0.39 is 12.2 Å². The van der Waals surface area contributed by atoms with Crippen LogP contribution in [0.3, 0.4) is 0 Å². The maximum atomic E-state index is 11.6. The molecule has 0 aromatic carbocycles. The fourth-order valence-electron chi connectivity index (χ4n) is 8.37. The molecule has 0 radical (unpaired) electrons. The lowest BCUT2D eigenvalue weighted by Gasteiger charge is -2.59. The first-order valence-electron chi connectivity index (χ1n) is 12.4. The van der Waals surface area contributed by atoms with Gasteiger partial charge in [-0.1, -0.05) is 26.3 Å². The van der Waals surface area contributed by atoms with E-state index in [1.54, 1.807) is 7.11 Å². The second-order valence-corrected chi connectivity index (χ2v) is 11.5. The molecule has 0 spiro atoms. The van der Waals surface area contributed by atoms with E-state index in [1.807, 2.05) is 0 Å². The summed E-state index contributed by atoms with van der Waals surface area (Å²) in [6, 6.07) is 0. The average Bonchev–Trinajstić information content (AvgIpc) is 3.11. The van der Waals surface area contributed by atoms with Gasteiger partial charge in [-0.15, -0.1) is 0 Å². The summed E-state index contributed by atoms with van der Waals surface area (Å²) in [7, 11) is 1.79. The summed E-state index contributed by atoms with van der Waals surface area (Å²) in [5.74, 6) is 0.840. The number of carbonyl (C=O) groups excluding carboxylic acids is 1. The molecule has 0 aromatic rings. The Kier molecular flexibility index (Phi) is 6.46. The van der Waals surface area contributed by atoms with Crippen molar-refractivity contribution in [2.24, 2.45) is 40.4 Å². The number of ether oxygens (including phenoxy) is 1. The zero-order valence-electron chi connectivity index (χ0n) is 19.7. The molecule has 4 aliphatic carbocycles. The van der Waals surface area contributed by atoms with E-state index in [2.05, 4.69) is 20.8 Å². The first-order valence-corrected chi connectivity index (χ1v) is 12.4. The molecular weight excluding hydrogens is 392 g/mol. The highest BCUT2D eigenvalue weighted by Crippen LogP contribution is 2.66. The summed E-state index contributed by atoms with van der Waals surface area (Å²) >= 11 is 0. The minimum absolute atomic E-state index is 0.113. The fourth-order valence-corrected chi connectivity index (χ4v) is 8.37. The smallest absolute Gasteiger partial charge is 0.125 e. The number of rotatable bonds is 6. The summed E-state index contributed by atoms with van der Waals surface area (Å²) in [5.41, 5.74) is 2.32. The molecule has 10 atom stereocenters. The molecule has 5 heteroatoms. The Bertz CT molecular complexity index is 719. The Balaban J connectivity index is 1.67. The van der Waals surface area contributed by atoms with Crippen LogP contribution in [0.4, 0.5) is 0 Å². The van der Waals surface area contributed by atoms with E-state index in [9.17, 15) is 20.1 Å². The molecule has 0 heterocycles. The van der Waals surface area contributed by atoms with Crippen molar-refractivity contribution in [3.05, 3.63) is 11.1 Å². The topological polar surface area (TPSA) is 87.0 Å². The van der Waals surface area contributed by atoms with E-state index in [1.165, 1.54) is 11.1 Å². The first kappa shape index (κ1) is 23.4. The molecule has 3 saturated carbocycles. The summed E-state index contributed by atoms with van der Waals surface area (Å²) in [5, 5.41) is 32.4. The van der Waals surface area contributed by atoms with Crippen molar-refractivity contribution < 1.29 is 24.9 Å². The van der Waals surface area contributed by atoms with Crippen molar-refractivity contribution in [1.29, 1.82) is 0 Å². The van der Waals surface area contributed by atoms with Gasteiger partial charge in [0.25, 0.3) is 0 Å². The van der Waals surface area contributed by atoms with E-state index in [-0.39, 0.29) is 47.2 Å². The van der Waals surface area contributed by atoms with Crippen LogP contribution < -0.4 is 0 Å². The van der Waals surface area contributed by atoms with Crippen molar-refractivity contribution in [3.63, 3.8) is 0 Å². The highest BCUT2D eigenvalue weighted by atomic mass is 16.5. The molecule has 4 rings (SSSR count). The van der Waals surface area contributed by atoms with Crippen LogP contribution in [0.15, 0.2) is 11.1 Å². The number of aliphatic hydroxyl groups excluding tert-OH is 3. The molecular formula is C26H42O5.